The van der Waals surface area contributed by atoms with Gasteiger partial charge in [-0.25, -0.2) is 0 Å². The highest BCUT2D eigenvalue weighted by Crippen LogP contribution is 2.30. The molecule has 5 nitrogen and oxygen atoms in total. The minimum Gasteiger partial charge on any atom is -0.497 e. The average Bonchev–Trinajstić information content (AvgIpc) is 2.92. The molecule has 0 aliphatic heterocycles. The molecular formula is C31H38N2O3. The van der Waals surface area contributed by atoms with E-state index in [1.54, 1.807) is 12.0 Å². The Labute approximate surface area is 215 Å². The van der Waals surface area contributed by atoms with E-state index in [4.69, 9.17) is 4.74 Å². The molecule has 190 valence electrons. The van der Waals surface area contributed by atoms with Crippen molar-refractivity contribution in [3.8, 4) is 5.75 Å². The van der Waals surface area contributed by atoms with E-state index >= 15 is 0 Å². The van der Waals surface area contributed by atoms with Gasteiger partial charge in [0.2, 0.25) is 11.8 Å². The molecule has 0 heterocycles. The van der Waals surface area contributed by atoms with Crippen molar-refractivity contribution in [3.63, 3.8) is 0 Å². The first kappa shape index (κ1) is 27.0. The van der Waals surface area contributed by atoms with Gasteiger partial charge in [-0.3, -0.25) is 9.59 Å². The monoisotopic (exact) mass is 486 g/mol. The van der Waals surface area contributed by atoms with Crippen LogP contribution in [0.1, 0.15) is 62.1 Å². The number of ether oxygens (including phenoxy) is 1. The van der Waals surface area contributed by atoms with Crippen LogP contribution < -0.4 is 10.1 Å². The van der Waals surface area contributed by atoms with Crippen molar-refractivity contribution >= 4 is 11.8 Å². The van der Waals surface area contributed by atoms with Gasteiger partial charge in [0, 0.05) is 25.4 Å². The summed E-state index contributed by atoms with van der Waals surface area (Å²) in [5, 5.41) is 3.04. The van der Waals surface area contributed by atoms with Gasteiger partial charge in [-0.1, -0.05) is 93.1 Å². The first-order valence-corrected chi connectivity index (χ1v) is 12.9. The molecule has 0 spiro atoms. The number of carbonyl (C=O) groups is 2. The summed E-state index contributed by atoms with van der Waals surface area (Å²) in [6.45, 7) is 5.01. The van der Waals surface area contributed by atoms with Gasteiger partial charge < -0.3 is 15.0 Å². The van der Waals surface area contributed by atoms with E-state index in [2.05, 4.69) is 36.5 Å². The molecule has 0 aromatic heterocycles. The smallest absolute Gasteiger partial charge is 0.242 e. The van der Waals surface area contributed by atoms with Crippen LogP contribution >= 0.6 is 0 Å². The number of amides is 2. The minimum atomic E-state index is -0.548. The molecule has 0 saturated carbocycles. The highest BCUT2D eigenvalue weighted by atomic mass is 16.5. The molecule has 3 aromatic carbocycles. The zero-order valence-electron chi connectivity index (χ0n) is 21.7. The van der Waals surface area contributed by atoms with Gasteiger partial charge in [0.25, 0.3) is 0 Å². The Balaban J connectivity index is 1.93. The molecule has 3 aromatic rings. The van der Waals surface area contributed by atoms with E-state index in [0.717, 1.165) is 35.3 Å². The molecule has 1 atom stereocenters. The lowest BCUT2D eigenvalue weighted by atomic mass is 9.88. The lowest BCUT2D eigenvalue weighted by molar-refractivity contribution is -0.141. The Morgan fingerprint density at radius 1 is 0.889 bits per heavy atom. The van der Waals surface area contributed by atoms with E-state index in [-0.39, 0.29) is 24.2 Å². The summed E-state index contributed by atoms with van der Waals surface area (Å²) in [5.41, 5.74) is 3.09. The quantitative estimate of drug-likeness (QED) is 0.304. The zero-order valence-corrected chi connectivity index (χ0v) is 21.7. The normalized spacial score (nSPS) is 11.7. The summed E-state index contributed by atoms with van der Waals surface area (Å²) in [6.07, 6.45) is 2.72. The van der Waals surface area contributed by atoms with Gasteiger partial charge in [-0.05, 0) is 41.7 Å². The van der Waals surface area contributed by atoms with Crippen LogP contribution in [0.2, 0.25) is 0 Å². The number of benzene rings is 3. The molecule has 0 bridgehead atoms. The summed E-state index contributed by atoms with van der Waals surface area (Å²) < 4.78 is 5.39. The van der Waals surface area contributed by atoms with Crippen LogP contribution in [-0.2, 0) is 16.1 Å². The first-order chi connectivity index (χ1) is 17.6. The molecule has 0 aliphatic rings. The van der Waals surface area contributed by atoms with E-state index in [1.165, 1.54) is 0 Å². The van der Waals surface area contributed by atoms with E-state index < -0.39 is 6.04 Å². The third-order valence-corrected chi connectivity index (χ3v) is 6.49. The highest BCUT2D eigenvalue weighted by molar-refractivity contribution is 5.88. The average molecular weight is 487 g/mol. The van der Waals surface area contributed by atoms with Crippen LogP contribution in [0.15, 0.2) is 84.9 Å². The lowest BCUT2D eigenvalue weighted by Crippen LogP contribution is -2.49. The molecule has 0 fully saturated rings. The van der Waals surface area contributed by atoms with Gasteiger partial charge in [0.15, 0.2) is 0 Å². The second kappa shape index (κ2) is 14.1. The number of methoxy groups -OCH3 is 1. The summed E-state index contributed by atoms with van der Waals surface area (Å²) in [7, 11) is 1.63. The standard InChI is InChI=1S/C31H38N2O3/c1-4-6-20-32-31(35)29(5-2)33(23-24-14-13-19-27(21-24)36-3)30(34)22-28(25-15-9-7-10-16-25)26-17-11-8-12-18-26/h7-19,21,28-29H,4-6,20,22-23H2,1-3H3,(H,32,35)/t29-/m0/s1. The number of nitrogens with one attached hydrogen (secondary N) is 1. The number of nitrogens with zero attached hydrogens (tertiary/aromatic N) is 1. The first-order valence-electron chi connectivity index (χ1n) is 12.9. The lowest BCUT2D eigenvalue weighted by Gasteiger charge is -2.32. The van der Waals surface area contributed by atoms with E-state index in [9.17, 15) is 9.59 Å². The fourth-order valence-corrected chi connectivity index (χ4v) is 4.48. The molecule has 3 rings (SSSR count). The number of carbonyl (C=O) groups excluding carboxylic acids is 2. The zero-order chi connectivity index (χ0) is 25.8. The van der Waals surface area contributed by atoms with Crippen molar-refractivity contribution in [2.75, 3.05) is 13.7 Å². The van der Waals surface area contributed by atoms with Gasteiger partial charge in [0.1, 0.15) is 11.8 Å². The predicted octanol–water partition coefficient (Wildman–Crippen LogP) is 5.94. The summed E-state index contributed by atoms with van der Waals surface area (Å²) in [4.78, 5) is 29.0. The van der Waals surface area contributed by atoms with Crippen molar-refractivity contribution < 1.29 is 14.3 Å². The fraction of sp³-hybridized carbons (Fsp3) is 0.355. The molecule has 0 aliphatic carbocycles. The fourth-order valence-electron chi connectivity index (χ4n) is 4.48. The molecule has 0 radical (unpaired) electrons. The Morgan fingerprint density at radius 2 is 1.53 bits per heavy atom. The molecule has 36 heavy (non-hydrogen) atoms. The Hall–Kier alpha value is -3.60. The minimum absolute atomic E-state index is 0.0481. The van der Waals surface area contributed by atoms with Crippen LogP contribution in [0.3, 0.4) is 0 Å². The largest absolute Gasteiger partial charge is 0.497 e. The Morgan fingerprint density at radius 3 is 2.08 bits per heavy atom. The second-order valence-electron chi connectivity index (χ2n) is 9.02. The summed E-state index contributed by atoms with van der Waals surface area (Å²) in [5.74, 6) is 0.478. The highest BCUT2D eigenvalue weighted by Gasteiger charge is 2.30. The van der Waals surface area contributed by atoms with Crippen LogP contribution in [0.25, 0.3) is 0 Å². The van der Waals surface area contributed by atoms with E-state index in [1.807, 2.05) is 67.6 Å². The molecule has 0 unspecified atom stereocenters. The van der Waals surface area contributed by atoms with Gasteiger partial charge >= 0.3 is 0 Å². The molecule has 5 heteroatoms. The van der Waals surface area contributed by atoms with Crippen molar-refractivity contribution in [1.29, 1.82) is 0 Å². The van der Waals surface area contributed by atoms with Crippen LogP contribution in [-0.4, -0.2) is 36.4 Å². The number of rotatable bonds is 13. The molecule has 1 N–H and O–H groups in total. The number of hydrogen-bond donors (Lipinski definition) is 1. The van der Waals surface area contributed by atoms with Crippen molar-refractivity contribution in [2.24, 2.45) is 0 Å². The summed E-state index contributed by atoms with van der Waals surface area (Å²) >= 11 is 0. The van der Waals surface area contributed by atoms with Crippen LogP contribution in [0.5, 0.6) is 5.75 Å². The molecule has 2 amide bonds. The third kappa shape index (κ3) is 7.45. The maximum atomic E-state index is 14.0. The Kier molecular flexibility index (Phi) is 10.6. The van der Waals surface area contributed by atoms with Crippen LogP contribution in [0, 0.1) is 0 Å². The summed E-state index contributed by atoms with van der Waals surface area (Å²) in [6, 6.07) is 27.3. The predicted molar refractivity (Wildman–Crippen MR) is 145 cm³/mol. The maximum absolute atomic E-state index is 14.0. The van der Waals surface area contributed by atoms with Crippen LogP contribution in [0.4, 0.5) is 0 Å². The number of hydrogen-bond acceptors (Lipinski definition) is 3. The maximum Gasteiger partial charge on any atom is 0.242 e. The third-order valence-electron chi connectivity index (χ3n) is 6.49. The second-order valence-corrected chi connectivity index (χ2v) is 9.02. The van der Waals surface area contributed by atoms with Gasteiger partial charge in [0.05, 0.1) is 7.11 Å². The number of unbranched alkanes of at least 4 members (excludes halogenated alkanes) is 1. The van der Waals surface area contributed by atoms with Gasteiger partial charge in [-0.15, -0.1) is 0 Å². The SMILES string of the molecule is CCCCNC(=O)[C@H](CC)N(Cc1cccc(OC)c1)C(=O)CC(c1ccccc1)c1ccccc1. The van der Waals surface area contributed by atoms with Crippen molar-refractivity contribution in [3.05, 3.63) is 102 Å². The molecule has 0 saturated heterocycles. The van der Waals surface area contributed by atoms with Crippen molar-refractivity contribution in [1.82, 2.24) is 10.2 Å². The van der Waals surface area contributed by atoms with Gasteiger partial charge in [-0.2, -0.15) is 0 Å². The van der Waals surface area contributed by atoms with Crippen molar-refractivity contribution in [2.45, 2.75) is 58.0 Å². The topological polar surface area (TPSA) is 58.6 Å². The molecular weight excluding hydrogens is 448 g/mol. The Bertz CT molecular complexity index is 1050. The van der Waals surface area contributed by atoms with E-state index in [0.29, 0.717) is 19.5 Å².